The van der Waals surface area contributed by atoms with Crippen LogP contribution < -0.4 is 0 Å². The number of hydrogen-bond donors (Lipinski definition) is 0. The SMILES string of the molecule is CON=C1C(=O)N2CC(COC(C)=O)(C(=O)OC(c3ccccc3)c3ccccc3)CS(=O)(=O)[C@H]12. The fraction of sp³-hybridized carbons (Fsp3) is 0.333. The smallest absolute Gasteiger partial charge is 0.319 e. The number of fused-ring (bicyclic) bond motifs is 1. The number of ether oxygens (including phenoxy) is 2. The molecule has 4 rings (SSSR count). The van der Waals surface area contributed by atoms with Crippen molar-refractivity contribution in [2.75, 3.05) is 26.0 Å². The van der Waals surface area contributed by atoms with Gasteiger partial charge in [0.15, 0.2) is 27.0 Å². The van der Waals surface area contributed by atoms with Crippen LogP contribution in [0.2, 0.25) is 0 Å². The summed E-state index contributed by atoms with van der Waals surface area (Å²) < 4.78 is 37.4. The zero-order chi connectivity index (χ0) is 25.2. The monoisotopic (exact) mass is 500 g/mol. The maximum atomic E-state index is 13.7. The molecule has 2 aliphatic heterocycles. The third kappa shape index (κ3) is 4.63. The van der Waals surface area contributed by atoms with E-state index < -0.39 is 56.9 Å². The zero-order valence-electron chi connectivity index (χ0n) is 19.1. The fourth-order valence-electron chi connectivity index (χ4n) is 4.30. The van der Waals surface area contributed by atoms with Crippen molar-refractivity contribution >= 4 is 33.4 Å². The Morgan fingerprint density at radius 1 is 1.09 bits per heavy atom. The highest BCUT2D eigenvalue weighted by Gasteiger charge is 2.63. The molecule has 35 heavy (non-hydrogen) atoms. The molecular weight excluding hydrogens is 476 g/mol. The first-order chi connectivity index (χ1) is 16.7. The molecule has 1 unspecified atom stereocenters. The Kier molecular flexibility index (Phi) is 6.62. The number of oxime groups is 1. The fourth-order valence-corrected chi connectivity index (χ4v) is 6.57. The summed E-state index contributed by atoms with van der Waals surface area (Å²) in [5, 5.41) is 2.20. The summed E-state index contributed by atoms with van der Waals surface area (Å²) >= 11 is 0. The number of carbonyl (C=O) groups is 3. The van der Waals surface area contributed by atoms with Crippen molar-refractivity contribution in [3.05, 3.63) is 71.8 Å². The van der Waals surface area contributed by atoms with Crippen molar-refractivity contribution in [3.8, 4) is 0 Å². The molecule has 0 N–H and O–H groups in total. The number of esters is 2. The van der Waals surface area contributed by atoms with Gasteiger partial charge in [0, 0.05) is 13.5 Å². The highest BCUT2D eigenvalue weighted by atomic mass is 32.2. The number of amides is 1. The lowest BCUT2D eigenvalue weighted by Crippen LogP contribution is -2.73. The standard InChI is InChI=1S/C24H24N2O8S/c1-16(27)33-14-24(13-26-21(28)19(25-32-2)22(26)35(30,31)15-24)23(29)34-20(17-9-5-3-6-10-17)18-11-7-4-8-12-18/h3-12,20,22H,13-15H2,1-2H3/t22-,24?/m1/s1. The first kappa shape index (κ1) is 24.4. The molecule has 0 radical (unpaired) electrons. The van der Waals surface area contributed by atoms with Crippen molar-refractivity contribution < 1.29 is 37.1 Å². The number of β-lactam (4-membered cyclic amide) rings is 1. The molecule has 10 nitrogen and oxygen atoms in total. The van der Waals surface area contributed by atoms with E-state index in [2.05, 4.69) is 9.99 Å². The van der Waals surface area contributed by atoms with E-state index in [1.165, 1.54) is 7.11 Å². The Labute approximate surface area is 202 Å². The van der Waals surface area contributed by atoms with Crippen LogP contribution in [0.5, 0.6) is 0 Å². The lowest BCUT2D eigenvalue weighted by molar-refractivity contribution is -0.168. The van der Waals surface area contributed by atoms with E-state index in [4.69, 9.17) is 9.47 Å². The molecule has 1 amide bonds. The van der Waals surface area contributed by atoms with Crippen LogP contribution in [-0.2, 0) is 38.5 Å². The molecule has 2 aromatic rings. The van der Waals surface area contributed by atoms with Crippen molar-refractivity contribution in [2.45, 2.75) is 18.4 Å². The largest absolute Gasteiger partial charge is 0.465 e. The van der Waals surface area contributed by atoms with Gasteiger partial charge in [-0.3, -0.25) is 14.4 Å². The van der Waals surface area contributed by atoms with Crippen molar-refractivity contribution in [1.82, 2.24) is 4.90 Å². The third-order valence-corrected chi connectivity index (χ3v) is 8.00. The van der Waals surface area contributed by atoms with Gasteiger partial charge < -0.3 is 19.2 Å². The molecule has 2 aromatic carbocycles. The second kappa shape index (κ2) is 9.49. The number of carbonyl (C=O) groups excluding carboxylic acids is 3. The van der Waals surface area contributed by atoms with Gasteiger partial charge in [0.2, 0.25) is 0 Å². The molecule has 0 bridgehead atoms. The molecule has 2 atom stereocenters. The number of nitrogens with zero attached hydrogens (tertiary/aromatic N) is 2. The van der Waals surface area contributed by atoms with Gasteiger partial charge in [0.05, 0.1) is 5.75 Å². The molecule has 2 fully saturated rings. The van der Waals surface area contributed by atoms with Gasteiger partial charge in [-0.2, -0.15) is 0 Å². The molecule has 0 spiro atoms. The number of benzene rings is 2. The molecule has 184 valence electrons. The van der Waals surface area contributed by atoms with E-state index in [0.717, 1.165) is 11.8 Å². The Bertz CT molecular complexity index is 1220. The number of hydrogen-bond acceptors (Lipinski definition) is 9. The van der Waals surface area contributed by atoms with E-state index in [1.54, 1.807) is 48.5 Å². The summed E-state index contributed by atoms with van der Waals surface area (Å²) in [4.78, 5) is 43.5. The highest BCUT2D eigenvalue weighted by molar-refractivity contribution is 7.93. The zero-order valence-corrected chi connectivity index (χ0v) is 19.9. The lowest BCUT2D eigenvalue weighted by Gasteiger charge is -2.49. The second-order valence-electron chi connectivity index (χ2n) is 8.42. The van der Waals surface area contributed by atoms with Gasteiger partial charge in [0.25, 0.3) is 5.91 Å². The molecule has 0 saturated carbocycles. The Balaban J connectivity index is 1.71. The summed E-state index contributed by atoms with van der Waals surface area (Å²) in [5.41, 5.74) is -0.744. The van der Waals surface area contributed by atoms with E-state index in [0.29, 0.717) is 11.1 Å². The summed E-state index contributed by atoms with van der Waals surface area (Å²) in [6, 6.07) is 17.9. The predicted molar refractivity (Wildman–Crippen MR) is 124 cm³/mol. The maximum absolute atomic E-state index is 13.7. The topological polar surface area (TPSA) is 129 Å². The van der Waals surface area contributed by atoms with Crippen LogP contribution in [0.3, 0.4) is 0 Å². The first-order valence-electron chi connectivity index (χ1n) is 10.8. The van der Waals surface area contributed by atoms with Crippen molar-refractivity contribution in [1.29, 1.82) is 0 Å². The van der Waals surface area contributed by atoms with E-state index >= 15 is 0 Å². The molecule has 11 heteroatoms. The van der Waals surface area contributed by atoms with Crippen LogP contribution in [-0.4, -0.2) is 68.3 Å². The highest BCUT2D eigenvalue weighted by Crippen LogP contribution is 2.40. The van der Waals surface area contributed by atoms with Gasteiger partial charge >= 0.3 is 11.9 Å². The van der Waals surface area contributed by atoms with Crippen LogP contribution in [0, 0.1) is 5.41 Å². The van der Waals surface area contributed by atoms with Crippen LogP contribution in [0.1, 0.15) is 24.2 Å². The van der Waals surface area contributed by atoms with E-state index in [9.17, 15) is 22.8 Å². The minimum Gasteiger partial charge on any atom is -0.465 e. The van der Waals surface area contributed by atoms with Gasteiger partial charge in [-0.15, -0.1) is 0 Å². The summed E-state index contributed by atoms with van der Waals surface area (Å²) in [6.07, 6.45) is -0.850. The second-order valence-corrected chi connectivity index (χ2v) is 10.5. The molecule has 2 saturated heterocycles. The summed E-state index contributed by atoms with van der Waals surface area (Å²) in [6.45, 7) is 0.263. The average molecular weight is 501 g/mol. The quantitative estimate of drug-likeness (QED) is 0.318. The lowest BCUT2D eigenvalue weighted by atomic mass is 9.88. The van der Waals surface area contributed by atoms with Crippen LogP contribution in [0.4, 0.5) is 0 Å². The minimum absolute atomic E-state index is 0.256. The average Bonchev–Trinajstić information content (AvgIpc) is 2.85. The van der Waals surface area contributed by atoms with Crippen LogP contribution in [0.25, 0.3) is 0 Å². The maximum Gasteiger partial charge on any atom is 0.319 e. The Morgan fingerprint density at radius 3 is 2.17 bits per heavy atom. The summed E-state index contributed by atoms with van der Waals surface area (Å²) in [5.74, 6) is -2.97. The van der Waals surface area contributed by atoms with E-state index in [-0.39, 0.29) is 12.3 Å². The van der Waals surface area contributed by atoms with Gasteiger partial charge in [0.1, 0.15) is 19.1 Å². The Morgan fingerprint density at radius 2 is 1.66 bits per heavy atom. The number of rotatable bonds is 7. The van der Waals surface area contributed by atoms with Gasteiger partial charge in [-0.05, 0) is 11.1 Å². The molecule has 0 aromatic heterocycles. The van der Waals surface area contributed by atoms with Crippen LogP contribution in [0.15, 0.2) is 65.8 Å². The third-order valence-electron chi connectivity index (χ3n) is 5.89. The van der Waals surface area contributed by atoms with Gasteiger partial charge in [-0.1, -0.05) is 65.8 Å². The van der Waals surface area contributed by atoms with E-state index in [1.807, 2.05) is 12.1 Å². The first-order valence-corrected chi connectivity index (χ1v) is 12.5. The van der Waals surface area contributed by atoms with Gasteiger partial charge in [-0.25, -0.2) is 8.42 Å². The molecule has 2 heterocycles. The molecular formula is C24H24N2O8S. The normalized spacial score (nSPS) is 23.9. The minimum atomic E-state index is -4.09. The predicted octanol–water partition coefficient (Wildman–Crippen LogP) is 1.47. The van der Waals surface area contributed by atoms with Crippen molar-refractivity contribution in [3.63, 3.8) is 0 Å². The molecule has 2 aliphatic rings. The van der Waals surface area contributed by atoms with Crippen molar-refractivity contribution in [2.24, 2.45) is 10.6 Å². The van der Waals surface area contributed by atoms with Crippen LogP contribution >= 0.6 is 0 Å². The summed E-state index contributed by atoms with van der Waals surface area (Å²) in [7, 11) is -2.89. The molecule has 0 aliphatic carbocycles. The number of sulfone groups is 1. The Hall–Kier alpha value is -3.73.